The number of carboxylic acids is 1. The Bertz CT molecular complexity index is 775. The van der Waals surface area contributed by atoms with Crippen LogP contribution in [0.3, 0.4) is 0 Å². The molecule has 0 unspecified atom stereocenters. The zero-order chi connectivity index (χ0) is 14.1. The zero-order valence-electron chi connectivity index (χ0n) is 10.6. The van der Waals surface area contributed by atoms with E-state index in [-0.39, 0.29) is 5.69 Å². The molecule has 3 aromatic rings. The number of nitrogens with zero attached hydrogens (tertiary/aromatic N) is 1. The maximum absolute atomic E-state index is 11.0. The van der Waals surface area contributed by atoms with Gasteiger partial charge in [-0.15, -0.1) is 0 Å². The predicted molar refractivity (Wildman–Crippen MR) is 76.7 cm³/mol. The number of benzene rings is 1. The lowest BCUT2D eigenvalue weighted by Crippen LogP contribution is -1.94. The first-order chi connectivity index (χ1) is 9.63. The molecule has 0 fully saturated rings. The van der Waals surface area contributed by atoms with Gasteiger partial charge in [0.2, 0.25) is 0 Å². The van der Waals surface area contributed by atoms with Crippen LogP contribution in [-0.4, -0.2) is 21.0 Å². The number of nitrogen functional groups attached to an aromatic ring is 1. The summed E-state index contributed by atoms with van der Waals surface area (Å²) in [7, 11) is 0. The lowest BCUT2D eigenvalue weighted by molar-refractivity contribution is 0.0691. The van der Waals surface area contributed by atoms with E-state index in [0.717, 1.165) is 22.2 Å². The molecule has 0 saturated heterocycles. The third kappa shape index (κ3) is 2.21. The summed E-state index contributed by atoms with van der Waals surface area (Å²) in [6, 6.07) is 11.2. The van der Waals surface area contributed by atoms with Gasteiger partial charge in [0.15, 0.2) is 0 Å². The molecule has 0 saturated carbocycles. The fourth-order valence-electron chi connectivity index (χ4n) is 2.21. The molecule has 0 aliphatic rings. The zero-order valence-corrected chi connectivity index (χ0v) is 10.6. The number of rotatable bonds is 3. The van der Waals surface area contributed by atoms with E-state index in [4.69, 9.17) is 10.8 Å². The van der Waals surface area contributed by atoms with E-state index in [9.17, 15) is 4.79 Å². The number of hydrogen-bond acceptors (Lipinski definition) is 3. The largest absolute Gasteiger partial charge is 0.477 e. The fraction of sp³-hybridized carbons (Fsp3) is 0.0667. The molecule has 3 rings (SSSR count). The van der Waals surface area contributed by atoms with Crippen LogP contribution in [0, 0.1) is 0 Å². The lowest BCUT2D eigenvalue weighted by Gasteiger charge is -2.03. The number of pyridine rings is 1. The van der Waals surface area contributed by atoms with E-state index in [1.165, 1.54) is 0 Å². The molecule has 20 heavy (non-hydrogen) atoms. The molecule has 0 radical (unpaired) electrons. The van der Waals surface area contributed by atoms with Gasteiger partial charge in [-0.1, -0.05) is 12.1 Å². The van der Waals surface area contributed by atoms with Crippen molar-refractivity contribution in [3.05, 3.63) is 59.4 Å². The molecule has 0 amide bonds. The highest BCUT2D eigenvalue weighted by molar-refractivity contribution is 5.93. The van der Waals surface area contributed by atoms with Crippen LogP contribution in [0.25, 0.3) is 11.0 Å². The van der Waals surface area contributed by atoms with Gasteiger partial charge in [0.25, 0.3) is 0 Å². The number of anilines is 1. The number of carbonyl (C=O) groups is 1. The second-order valence-electron chi connectivity index (χ2n) is 4.64. The van der Waals surface area contributed by atoms with Crippen molar-refractivity contribution in [1.29, 1.82) is 0 Å². The molecule has 2 aromatic heterocycles. The summed E-state index contributed by atoms with van der Waals surface area (Å²) in [4.78, 5) is 18.0. The smallest absolute Gasteiger partial charge is 0.352 e. The summed E-state index contributed by atoms with van der Waals surface area (Å²) in [6.45, 7) is 0. The third-order valence-corrected chi connectivity index (χ3v) is 3.23. The van der Waals surface area contributed by atoms with Crippen LogP contribution in [0.1, 0.15) is 21.6 Å². The van der Waals surface area contributed by atoms with Gasteiger partial charge in [-0.05, 0) is 41.8 Å². The summed E-state index contributed by atoms with van der Waals surface area (Å²) in [6.07, 6.45) is 2.38. The first kappa shape index (κ1) is 12.2. The highest BCUT2D eigenvalue weighted by Crippen LogP contribution is 2.21. The minimum absolute atomic E-state index is 0.150. The van der Waals surface area contributed by atoms with Gasteiger partial charge in [0.05, 0.1) is 0 Å². The van der Waals surface area contributed by atoms with Crippen LogP contribution in [0.2, 0.25) is 0 Å². The van der Waals surface area contributed by atoms with Gasteiger partial charge < -0.3 is 15.8 Å². The second kappa shape index (κ2) is 4.70. The van der Waals surface area contributed by atoms with Crippen LogP contribution >= 0.6 is 0 Å². The highest BCUT2D eigenvalue weighted by atomic mass is 16.4. The normalized spacial score (nSPS) is 10.8. The van der Waals surface area contributed by atoms with E-state index < -0.39 is 5.97 Å². The van der Waals surface area contributed by atoms with E-state index in [1.807, 2.05) is 30.3 Å². The Morgan fingerprint density at radius 3 is 2.70 bits per heavy atom. The summed E-state index contributed by atoms with van der Waals surface area (Å²) >= 11 is 0. The topological polar surface area (TPSA) is 92.0 Å². The van der Waals surface area contributed by atoms with Gasteiger partial charge in [0.1, 0.15) is 11.3 Å². The molecule has 5 heteroatoms. The Labute approximate surface area is 115 Å². The number of fused-ring (bicyclic) bond motifs is 1. The Kier molecular flexibility index (Phi) is 2.87. The first-order valence-electron chi connectivity index (χ1n) is 6.18. The lowest BCUT2D eigenvalue weighted by atomic mass is 10.0. The van der Waals surface area contributed by atoms with Crippen LogP contribution in [0.15, 0.2) is 42.6 Å². The van der Waals surface area contributed by atoms with Crippen molar-refractivity contribution in [3.63, 3.8) is 0 Å². The monoisotopic (exact) mass is 267 g/mol. The average Bonchev–Trinajstić information content (AvgIpc) is 2.87. The number of H-pyrrole nitrogens is 1. The molecular formula is C15H13N3O2. The molecule has 100 valence electrons. The maximum atomic E-state index is 11.0. The maximum Gasteiger partial charge on any atom is 0.352 e. The van der Waals surface area contributed by atoms with Crippen LogP contribution < -0.4 is 5.73 Å². The Morgan fingerprint density at radius 2 is 2.00 bits per heavy atom. The number of carboxylic acid groups (broad SMARTS) is 1. The Hall–Kier alpha value is -2.82. The quantitative estimate of drug-likeness (QED) is 0.635. The highest BCUT2D eigenvalue weighted by Gasteiger charge is 2.11. The second-order valence-corrected chi connectivity index (χ2v) is 4.64. The Morgan fingerprint density at radius 1 is 1.25 bits per heavy atom. The standard InChI is InChI=1S/C15H13N3O2/c16-11-3-1-9(2-4-11)7-10-5-6-17-14-12(10)8-13(18-14)15(19)20/h1-6,8H,7,16H2,(H,17,18)(H,19,20). The van der Waals surface area contributed by atoms with Crippen LogP contribution in [-0.2, 0) is 6.42 Å². The fourth-order valence-corrected chi connectivity index (χ4v) is 2.21. The number of nitrogens with one attached hydrogen (secondary N) is 1. The molecule has 5 nitrogen and oxygen atoms in total. The van der Waals surface area contributed by atoms with Crippen molar-refractivity contribution in [1.82, 2.24) is 9.97 Å². The van der Waals surface area contributed by atoms with Gasteiger partial charge in [-0.3, -0.25) is 0 Å². The molecule has 2 heterocycles. The van der Waals surface area contributed by atoms with E-state index in [1.54, 1.807) is 12.3 Å². The van der Waals surface area contributed by atoms with Crippen molar-refractivity contribution in [2.45, 2.75) is 6.42 Å². The first-order valence-corrected chi connectivity index (χ1v) is 6.18. The molecule has 0 aliphatic heterocycles. The summed E-state index contributed by atoms with van der Waals surface area (Å²) in [5.41, 5.74) is 9.28. The van der Waals surface area contributed by atoms with Gasteiger partial charge in [-0.2, -0.15) is 0 Å². The van der Waals surface area contributed by atoms with Gasteiger partial charge in [0, 0.05) is 17.3 Å². The number of nitrogens with two attached hydrogens (primary N) is 1. The Balaban J connectivity index is 2.02. The predicted octanol–water partition coefficient (Wildman–Crippen LogP) is 2.43. The third-order valence-electron chi connectivity index (χ3n) is 3.23. The van der Waals surface area contributed by atoms with Crippen molar-refractivity contribution in [2.24, 2.45) is 0 Å². The molecule has 0 spiro atoms. The number of aromatic nitrogens is 2. The molecular weight excluding hydrogens is 254 g/mol. The van der Waals surface area contributed by atoms with Gasteiger partial charge in [-0.25, -0.2) is 9.78 Å². The van der Waals surface area contributed by atoms with E-state index in [0.29, 0.717) is 12.1 Å². The summed E-state index contributed by atoms with van der Waals surface area (Å²) < 4.78 is 0. The summed E-state index contributed by atoms with van der Waals surface area (Å²) in [5.74, 6) is -0.985. The average molecular weight is 267 g/mol. The molecule has 1 aromatic carbocycles. The minimum Gasteiger partial charge on any atom is -0.477 e. The molecule has 4 N–H and O–H groups in total. The van der Waals surface area contributed by atoms with Crippen LogP contribution in [0.5, 0.6) is 0 Å². The molecule has 0 bridgehead atoms. The minimum atomic E-state index is -0.985. The van der Waals surface area contributed by atoms with E-state index in [2.05, 4.69) is 9.97 Å². The van der Waals surface area contributed by atoms with Crippen molar-refractivity contribution < 1.29 is 9.90 Å². The number of aromatic amines is 1. The van der Waals surface area contributed by atoms with Gasteiger partial charge >= 0.3 is 5.97 Å². The van der Waals surface area contributed by atoms with Crippen molar-refractivity contribution in [2.75, 3.05) is 5.73 Å². The van der Waals surface area contributed by atoms with Crippen LogP contribution in [0.4, 0.5) is 5.69 Å². The summed E-state index contributed by atoms with van der Waals surface area (Å²) in [5, 5.41) is 9.86. The SMILES string of the molecule is Nc1ccc(Cc2ccnc3[nH]c(C(=O)O)cc23)cc1. The van der Waals surface area contributed by atoms with Crippen molar-refractivity contribution >= 4 is 22.7 Å². The van der Waals surface area contributed by atoms with E-state index >= 15 is 0 Å². The molecule has 0 aliphatic carbocycles. The number of aromatic carboxylic acids is 1. The molecule has 0 atom stereocenters. The van der Waals surface area contributed by atoms with Crippen molar-refractivity contribution in [3.8, 4) is 0 Å². The number of hydrogen-bond donors (Lipinski definition) is 3.